The molecular formula is C13H16N+. The van der Waals surface area contributed by atoms with Gasteiger partial charge in [0.2, 0.25) is 5.52 Å². The summed E-state index contributed by atoms with van der Waals surface area (Å²) >= 11 is 0. The molecule has 0 atom stereocenters. The van der Waals surface area contributed by atoms with Crippen molar-refractivity contribution < 1.29 is 4.57 Å². The molecule has 0 radical (unpaired) electrons. The summed E-state index contributed by atoms with van der Waals surface area (Å²) in [4.78, 5) is 0. The van der Waals surface area contributed by atoms with Crippen molar-refractivity contribution in [2.45, 2.75) is 27.3 Å². The topological polar surface area (TPSA) is 3.88 Å². The Morgan fingerprint density at radius 3 is 2.57 bits per heavy atom. The number of fused-ring (bicyclic) bond motifs is 1. The third kappa shape index (κ3) is 1.39. The monoisotopic (exact) mass is 186 g/mol. The van der Waals surface area contributed by atoms with Crippen LogP contribution in [0.1, 0.15) is 18.2 Å². The van der Waals surface area contributed by atoms with Gasteiger partial charge in [0.15, 0.2) is 5.69 Å². The van der Waals surface area contributed by atoms with E-state index in [9.17, 15) is 0 Å². The van der Waals surface area contributed by atoms with Crippen molar-refractivity contribution >= 4 is 10.9 Å². The van der Waals surface area contributed by atoms with E-state index < -0.39 is 0 Å². The van der Waals surface area contributed by atoms with Crippen LogP contribution in [0.4, 0.5) is 0 Å². The molecule has 1 heteroatoms. The molecule has 0 N–H and O–H groups in total. The normalized spacial score (nSPS) is 10.8. The summed E-state index contributed by atoms with van der Waals surface area (Å²) in [5.74, 6) is 0. The first kappa shape index (κ1) is 9.20. The Kier molecular flexibility index (Phi) is 2.24. The fraction of sp³-hybridized carbons (Fsp3) is 0.308. The molecule has 0 fully saturated rings. The van der Waals surface area contributed by atoms with Crippen LogP contribution in [0, 0.1) is 13.8 Å². The molecule has 2 rings (SSSR count). The van der Waals surface area contributed by atoms with Gasteiger partial charge in [-0.05, 0) is 26.0 Å². The lowest BCUT2D eigenvalue weighted by molar-refractivity contribution is -0.673. The van der Waals surface area contributed by atoms with Crippen LogP contribution in [0.2, 0.25) is 0 Å². The highest BCUT2D eigenvalue weighted by molar-refractivity contribution is 5.76. The van der Waals surface area contributed by atoms with Gasteiger partial charge in [0, 0.05) is 24.4 Å². The molecular weight excluding hydrogens is 170 g/mol. The maximum absolute atomic E-state index is 2.34. The van der Waals surface area contributed by atoms with Crippen LogP contribution >= 0.6 is 0 Å². The number of hydrogen-bond acceptors (Lipinski definition) is 0. The van der Waals surface area contributed by atoms with Gasteiger partial charge in [0.25, 0.3) is 0 Å². The minimum atomic E-state index is 1.03. The van der Waals surface area contributed by atoms with E-state index in [1.807, 2.05) is 0 Å². The highest BCUT2D eigenvalue weighted by atomic mass is 15.0. The molecule has 1 nitrogen and oxygen atoms in total. The van der Waals surface area contributed by atoms with Crippen molar-refractivity contribution in [2.24, 2.45) is 0 Å². The number of aryl methyl sites for hydroxylation is 3. The van der Waals surface area contributed by atoms with Crippen LogP contribution in [0.3, 0.4) is 0 Å². The number of aromatic nitrogens is 1. The Bertz CT molecular complexity index is 472. The minimum Gasteiger partial charge on any atom is -0.196 e. The summed E-state index contributed by atoms with van der Waals surface area (Å²) in [5.41, 5.74) is 3.98. The molecule has 0 unspecified atom stereocenters. The zero-order chi connectivity index (χ0) is 10.1. The summed E-state index contributed by atoms with van der Waals surface area (Å²) in [6.07, 6.45) is 0. The molecule has 0 amide bonds. The third-order valence-electron chi connectivity index (χ3n) is 2.72. The zero-order valence-electron chi connectivity index (χ0n) is 9.04. The quantitative estimate of drug-likeness (QED) is 0.603. The van der Waals surface area contributed by atoms with Crippen LogP contribution in [-0.4, -0.2) is 0 Å². The van der Waals surface area contributed by atoms with Crippen LogP contribution in [-0.2, 0) is 6.54 Å². The van der Waals surface area contributed by atoms with E-state index in [2.05, 4.69) is 55.7 Å². The van der Waals surface area contributed by atoms with Crippen LogP contribution in [0.15, 0.2) is 30.3 Å². The largest absolute Gasteiger partial charge is 0.212 e. The van der Waals surface area contributed by atoms with E-state index in [1.54, 1.807) is 0 Å². The highest BCUT2D eigenvalue weighted by Crippen LogP contribution is 2.12. The summed E-state index contributed by atoms with van der Waals surface area (Å²) in [5, 5.41) is 1.33. The molecule has 0 aliphatic heterocycles. The molecule has 72 valence electrons. The second kappa shape index (κ2) is 3.41. The SMILES string of the molecule is CC[n+]1c(C)ccc2cc(C)ccc21. The Balaban J connectivity index is 2.82. The van der Waals surface area contributed by atoms with Crippen molar-refractivity contribution in [1.29, 1.82) is 0 Å². The van der Waals surface area contributed by atoms with Gasteiger partial charge in [-0.25, -0.2) is 0 Å². The summed E-state index contributed by atoms with van der Waals surface area (Å²) in [6, 6.07) is 11.0. The van der Waals surface area contributed by atoms with E-state index in [0.717, 1.165) is 6.54 Å². The van der Waals surface area contributed by atoms with Gasteiger partial charge in [-0.15, -0.1) is 0 Å². The van der Waals surface area contributed by atoms with Gasteiger partial charge in [-0.2, -0.15) is 4.57 Å². The zero-order valence-corrected chi connectivity index (χ0v) is 9.04. The van der Waals surface area contributed by atoms with Gasteiger partial charge in [0.1, 0.15) is 6.54 Å². The maximum Gasteiger partial charge on any atom is 0.212 e. The standard InChI is InChI=1S/C13H16N/c1-4-14-11(3)6-7-12-9-10(2)5-8-13(12)14/h5-9H,4H2,1-3H3/q+1. The molecule has 0 aliphatic rings. The number of pyridine rings is 1. The van der Waals surface area contributed by atoms with E-state index in [4.69, 9.17) is 0 Å². The molecule has 1 heterocycles. The molecule has 0 saturated carbocycles. The Labute approximate surface area is 85.0 Å². The second-order valence-electron chi connectivity index (χ2n) is 3.78. The van der Waals surface area contributed by atoms with E-state index in [1.165, 1.54) is 22.2 Å². The lowest BCUT2D eigenvalue weighted by Crippen LogP contribution is -2.36. The summed E-state index contributed by atoms with van der Waals surface area (Å²) in [7, 11) is 0. The maximum atomic E-state index is 2.34. The average molecular weight is 186 g/mol. The first-order chi connectivity index (χ1) is 6.72. The predicted octanol–water partition coefficient (Wildman–Crippen LogP) is 2.76. The second-order valence-corrected chi connectivity index (χ2v) is 3.78. The van der Waals surface area contributed by atoms with E-state index in [-0.39, 0.29) is 0 Å². The molecule has 14 heavy (non-hydrogen) atoms. The summed E-state index contributed by atoms with van der Waals surface area (Å²) < 4.78 is 2.34. The first-order valence-corrected chi connectivity index (χ1v) is 5.12. The Morgan fingerprint density at radius 2 is 1.86 bits per heavy atom. The average Bonchev–Trinajstić information content (AvgIpc) is 2.18. The lowest BCUT2D eigenvalue weighted by Gasteiger charge is -2.02. The van der Waals surface area contributed by atoms with Crippen molar-refractivity contribution in [2.75, 3.05) is 0 Å². The van der Waals surface area contributed by atoms with Gasteiger partial charge in [-0.3, -0.25) is 0 Å². The molecule has 0 spiro atoms. The van der Waals surface area contributed by atoms with Crippen LogP contribution in [0.25, 0.3) is 10.9 Å². The van der Waals surface area contributed by atoms with E-state index in [0.29, 0.717) is 0 Å². The van der Waals surface area contributed by atoms with Crippen molar-refractivity contribution in [3.63, 3.8) is 0 Å². The minimum absolute atomic E-state index is 1.03. The lowest BCUT2D eigenvalue weighted by atomic mass is 10.1. The van der Waals surface area contributed by atoms with Crippen LogP contribution in [0.5, 0.6) is 0 Å². The Hall–Kier alpha value is -1.37. The predicted molar refractivity (Wildman–Crippen MR) is 59.3 cm³/mol. The Morgan fingerprint density at radius 1 is 1.07 bits per heavy atom. The van der Waals surface area contributed by atoms with Gasteiger partial charge in [-0.1, -0.05) is 11.6 Å². The van der Waals surface area contributed by atoms with Crippen LogP contribution < -0.4 is 4.57 Å². The molecule has 1 aromatic carbocycles. The number of benzene rings is 1. The molecule has 0 aliphatic carbocycles. The third-order valence-corrected chi connectivity index (χ3v) is 2.72. The van der Waals surface area contributed by atoms with Crippen molar-refractivity contribution in [1.82, 2.24) is 0 Å². The fourth-order valence-corrected chi connectivity index (χ4v) is 1.96. The van der Waals surface area contributed by atoms with Gasteiger partial charge >= 0.3 is 0 Å². The number of rotatable bonds is 1. The highest BCUT2D eigenvalue weighted by Gasteiger charge is 2.09. The van der Waals surface area contributed by atoms with Crippen molar-refractivity contribution in [3.05, 3.63) is 41.6 Å². The number of hydrogen-bond donors (Lipinski definition) is 0. The number of nitrogens with zero attached hydrogens (tertiary/aromatic N) is 1. The molecule has 0 bridgehead atoms. The van der Waals surface area contributed by atoms with Gasteiger partial charge < -0.3 is 0 Å². The van der Waals surface area contributed by atoms with Crippen molar-refractivity contribution in [3.8, 4) is 0 Å². The first-order valence-electron chi connectivity index (χ1n) is 5.12. The molecule has 2 aromatic rings. The van der Waals surface area contributed by atoms with E-state index >= 15 is 0 Å². The fourth-order valence-electron chi connectivity index (χ4n) is 1.96. The molecule has 1 aromatic heterocycles. The van der Waals surface area contributed by atoms with Gasteiger partial charge in [0.05, 0.1) is 0 Å². The smallest absolute Gasteiger partial charge is 0.196 e. The molecule has 0 saturated heterocycles. The summed E-state index contributed by atoms with van der Waals surface area (Å²) in [6.45, 7) is 7.51.